The van der Waals surface area contributed by atoms with Crippen molar-refractivity contribution in [1.82, 2.24) is 10.2 Å². The van der Waals surface area contributed by atoms with Crippen LogP contribution in [0.5, 0.6) is 0 Å². The van der Waals surface area contributed by atoms with Crippen LogP contribution in [0, 0.1) is 34.0 Å². The topological polar surface area (TPSA) is 162 Å². The Bertz CT molecular complexity index is 1100. The summed E-state index contributed by atoms with van der Waals surface area (Å²) in [6, 6.07) is -0.168. The van der Waals surface area contributed by atoms with Gasteiger partial charge in [-0.15, -0.1) is 0 Å². The van der Waals surface area contributed by atoms with Crippen molar-refractivity contribution < 1.29 is 19.2 Å². The second-order valence-corrected chi connectivity index (χ2v) is 17.1. The van der Waals surface area contributed by atoms with Crippen LogP contribution in [0.1, 0.15) is 153 Å². The molecule has 9 nitrogen and oxygen atoms in total. The van der Waals surface area contributed by atoms with Crippen molar-refractivity contribution in [2.45, 2.75) is 177 Å². The summed E-state index contributed by atoms with van der Waals surface area (Å²) >= 11 is 0. The number of nitrogens with zero attached hydrogens (tertiary/aromatic N) is 1. The Balaban J connectivity index is 0.000000404. The Morgan fingerprint density at radius 1 is 0.939 bits per heavy atom. The fourth-order valence-electron chi connectivity index (χ4n) is 8.12. The highest BCUT2D eigenvalue weighted by Crippen LogP contribution is 2.66. The molecular weight excluding hydrogens is 614 g/mol. The minimum absolute atomic E-state index is 0.0150. The lowest BCUT2D eigenvalue weighted by atomic mass is 9.74. The molecule has 1 saturated heterocycles. The van der Waals surface area contributed by atoms with Gasteiger partial charge in [0.15, 0.2) is 0 Å². The number of amides is 3. The lowest BCUT2D eigenvalue weighted by Gasteiger charge is -2.37. The van der Waals surface area contributed by atoms with Crippen LogP contribution < -0.4 is 22.5 Å². The quantitative estimate of drug-likeness (QED) is 0.114. The third-order valence-electron chi connectivity index (χ3n) is 11.8. The first-order valence-corrected chi connectivity index (χ1v) is 19.2. The predicted octanol–water partition coefficient (Wildman–Crippen LogP) is 6.66. The molecule has 0 spiro atoms. The summed E-state index contributed by atoms with van der Waals surface area (Å²) in [7, 11) is 0. The van der Waals surface area contributed by atoms with Gasteiger partial charge in [0.05, 0.1) is 12.1 Å². The molecule has 0 bridgehead atoms. The molecule has 0 radical (unpaired) electrons. The number of likely N-dealkylation sites (tertiary alicyclic amines) is 1. The summed E-state index contributed by atoms with van der Waals surface area (Å²) in [6.07, 6.45) is 13.1. The molecule has 1 heterocycles. The van der Waals surface area contributed by atoms with Gasteiger partial charge in [0.1, 0.15) is 0 Å². The zero-order chi connectivity index (χ0) is 37.9. The average molecular weight is 690 g/mol. The average Bonchev–Trinajstić information content (AvgIpc) is 3.36. The maximum Gasteiger partial charge on any atom is 0.286 e. The second-order valence-electron chi connectivity index (χ2n) is 17.1. The highest BCUT2D eigenvalue weighted by Gasteiger charge is 2.67. The Hall–Kier alpha value is -2.26. The molecule has 3 amide bonds. The lowest BCUT2D eigenvalue weighted by molar-refractivity contribution is -0.137. The van der Waals surface area contributed by atoms with Crippen LogP contribution in [0.2, 0.25) is 0 Å². The lowest BCUT2D eigenvalue weighted by Crippen LogP contribution is -2.47. The zero-order valence-electron chi connectivity index (χ0n) is 33.3. The largest absolute Gasteiger partial charge is 0.363 e. The predicted molar refractivity (Wildman–Crippen MR) is 202 cm³/mol. The molecule has 4 aliphatic rings. The van der Waals surface area contributed by atoms with E-state index < -0.39 is 17.7 Å². The molecule has 4 unspecified atom stereocenters. The van der Waals surface area contributed by atoms with E-state index >= 15 is 0 Å². The van der Waals surface area contributed by atoms with Crippen molar-refractivity contribution in [1.29, 1.82) is 0 Å². The Kier molecular flexibility index (Phi) is 17.7. The van der Waals surface area contributed by atoms with Gasteiger partial charge in [-0.3, -0.25) is 19.2 Å². The van der Waals surface area contributed by atoms with Crippen molar-refractivity contribution in [3.8, 4) is 0 Å². The summed E-state index contributed by atoms with van der Waals surface area (Å²) in [5.74, 6) is 0.541. The fraction of sp³-hybridized carbons (Fsp3) is 0.850. The number of carbonyl (C=O) groups is 4. The third kappa shape index (κ3) is 12.8. The fourth-order valence-corrected chi connectivity index (χ4v) is 8.12. The first-order chi connectivity index (χ1) is 22.7. The molecule has 3 aliphatic carbocycles. The van der Waals surface area contributed by atoms with Crippen LogP contribution in [0.15, 0.2) is 12.2 Å². The maximum atomic E-state index is 13.0. The summed E-state index contributed by atoms with van der Waals surface area (Å²) < 4.78 is 0. The van der Waals surface area contributed by atoms with Crippen molar-refractivity contribution in [3.63, 3.8) is 0 Å². The molecule has 7 N–H and O–H groups in total. The minimum Gasteiger partial charge on any atom is -0.363 e. The van der Waals surface area contributed by atoms with E-state index in [9.17, 15) is 19.2 Å². The molecule has 3 saturated carbocycles. The number of nitrogens with one attached hydrogen (secondary N) is 1. The molecule has 4 rings (SSSR count). The van der Waals surface area contributed by atoms with Gasteiger partial charge >= 0.3 is 0 Å². The molecule has 1 aliphatic heterocycles. The zero-order valence-corrected chi connectivity index (χ0v) is 33.3. The monoisotopic (exact) mass is 690 g/mol. The van der Waals surface area contributed by atoms with Crippen molar-refractivity contribution in [3.05, 3.63) is 12.2 Å². The van der Waals surface area contributed by atoms with Crippen LogP contribution in [-0.2, 0) is 19.2 Å². The highest BCUT2D eigenvalue weighted by molar-refractivity contribution is 6.37. The van der Waals surface area contributed by atoms with Crippen molar-refractivity contribution in [2.75, 3.05) is 6.54 Å². The second kappa shape index (κ2) is 19.4. The van der Waals surface area contributed by atoms with Crippen LogP contribution in [0.25, 0.3) is 0 Å². The van der Waals surface area contributed by atoms with E-state index in [1.165, 1.54) is 44.9 Å². The van der Waals surface area contributed by atoms with Crippen molar-refractivity contribution in [2.24, 2.45) is 51.2 Å². The Morgan fingerprint density at radius 2 is 1.47 bits per heavy atom. The van der Waals surface area contributed by atoms with Gasteiger partial charge in [0.2, 0.25) is 17.6 Å². The van der Waals surface area contributed by atoms with E-state index in [1.807, 2.05) is 13.8 Å². The van der Waals surface area contributed by atoms with Crippen LogP contribution in [-0.4, -0.2) is 59.1 Å². The summed E-state index contributed by atoms with van der Waals surface area (Å²) in [5, 5.41) is 2.93. The summed E-state index contributed by atoms with van der Waals surface area (Å²) in [6.45, 7) is 28.2. The van der Waals surface area contributed by atoms with E-state index in [2.05, 4.69) is 72.2 Å². The molecule has 49 heavy (non-hydrogen) atoms. The summed E-state index contributed by atoms with van der Waals surface area (Å²) in [5.41, 5.74) is 18.7. The number of rotatable bonds is 10. The standard InChI is InChI=1S/C21H36N2O.C9H19NO.C8H14N2O2.C2H6/c1-14(2)19-18-15(20(18,3)4)13-23(19)17(24)12-16(22)21(5)10-8-6-7-9-11-21;1-6-8(9(3,4)5)10-7(2)11;9-6(7(11)8(10)12)4-5-2-1-3-5;1-2/h15-16,18-19H,1,6-13,22H2,2-5H3;8H,6H2,1-5H3,(H,10,11);5-6H,1-4,9H2,(H2,10,12);1-2H3/t15-,16?,18-,19?;;;/m0.../s1. The van der Waals surface area contributed by atoms with E-state index in [1.54, 1.807) is 6.92 Å². The van der Waals surface area contributed by atoms with Crippen LogP contribution in [0.4, 0.5) is 0 Å². The molecular formula is C40H75N5O4. The minimum atomic E-state index is -0.915. The smallest absolute Gasteiger partial charge is 0.286 e. The Morgan fingerprint density at radius 3 is 1.84 bits per heavy atom. The van der Waals surface area contributed by atoms with E-state index in [0.29, 0.717) is 42.1 Å². The number of fused-ring (bicyclic) bond motifs is 1. The molecule has 0 aromatic carbocycles. The van der Waals surface area contributed by atoms with Gasteiger partial charge in [-0.2, -0.15) is 0 Å². The van der Waals surface area contributed by atoms with E-state index in [-0.39, 0.29) is 34.7 Å². The molecule has 0 aromatic rings. The van der Waals surface area contributed by atoms with Gasteiger partial charge in [-0.1, -0.05) is 119 Å². The van der Waals surface area contributed by atoms with Crippen LogP contribution >= 0.6 is 0 Å². The van der Waals surface area contributed by atoms with Gasteiger partial charge in [-0.05, 0) is 66.6 Å². The van der Waals surface area contributed by atoms with Gasteiger partial charge in [0, 0.05) is 32.0 Å². The van der Waals surface area contributed by atoms with E-state index in [4.69, 9.17) is 17.2 Å². The number of hydrogen-bond acceptors (Lipinski definition) is 6. The molecule has 6 atom stereocenters. The maximum absolute atomic E-state index is 13.0. The molecule has 9 heteroatoms. The number of nitrogens with two attached hydrogens (primary N) is 3. The van der Waals surface area contributed by atoms with Crippen LogP contribution in [0.3, 0.4) is 0 Å². The first kappa shape index (κ1) is 44.8. The van der Waals surface area contributed by atoms with Gasteiger partial charge in [-0.25, -0.2) is 0 Å². The van der Waals surface area contributed by atoms with Crippen molar-refractivity contribution >= 4 is 23.5 Å². The normalized spacial score (nSPS) is 25.3. The number of carbonyl (C=O) groups excluding carboxylic acids is 4. The number of hydrogen-bond donors (Lipinski definition) is 4. The molecule has 0 aromatic heterocycles. The molecule has 4 fully saturated rings. The van der Waals surface area contributed by atoms with E-state index in [0.717, 1.165) is 31.4 Å². The number of Topliss-reactive ketones (excluding diaryl/α,β-unsaturated/α-hetero) is 1. The SMILES string of the molecule is C=C(C)C1[C@@H]2[C@H](CN1C(=O)CC(N)C1(C)CCCCCC1)C2(C)C.CC.CCC(NC(C)=O)C(C)(C)C.NC(=O)C(=O)C(N)CC1CCC1. The first-order valence-electron chi connectivity index (χ1n) is 19.2. The Labute approximate surface area is 299 Å². The summed E-state index contributed by atoms with van der Waals surface area (Å²) in [4.78, 5) is 47.2. The van der Waals surface area contributed by atoms with Gasteiger partial charge in [0.25, 0.3) is 5.91 Å². The highest BCUT2D eigenvalue weighted by atomic mass is 16.2. The van der Waals surface area contributed by atoms with Gasteiger partial charge < -0.3 is 27.4 Å². The third-order valence-corrected chi connectivity index (χ3v) is 11.8. The number of ketones is 1. The number of piperidine rings is 1. The molecule has 284 valence electrons. The number of primary amides is 1.